The SMILES string of the molecule is CCCCCOc1ccc(C(=O)CCC(=O)Nc2nc3c(s2)CCCC3)cc1. The molecule has 0 radical (unpaired) electrons. The van der Waals surface area contributed by atoms with Gasteiger partial charge < -0.3 is 10.1 Å². The minimum Gasteiger partial charge on any atom is -0.494 e. The first-order chi connectivity index (χ1) is 13.7. The zero-order valence-electron chi connectivity index (χ0n) is 16.5. The Morgan fingerprint density at radius 3 is 2.64 bits per heavy atom. The van der Waals surface area contributed by atoms with E-state index in [1.54, 1.807) is 23.5 Å². The van der Waals surface area contributed by atoms with Gasteiger partial charge in [0.15, 0.2) is 10.9 Å². The van der Waals surface area contributed by atoms with Gasteiger partial charge >= 0.3 is 0 Å². The van der Waals surface area contributed by atoms with E-state index >= 15 is 0 Å². The number of nitrogens with zero attached hydrogens (tertiary/aromatic N) is 1. The summed E-state index contributed by atoms with van der Waals surface area (Å²) in [6, 6.07) is 7.17. The number of aromatic nitrogens is 1. The van der Waals surface area contributed by atoms with E-state index in [1.807, 2.05) is 12.1 Å². The summed E-state index contributed by atoms with van der Waals surface area (Å²) in [5, 5.41) is 3.51. The summed E-state index contributed by atoms with van der Waals surface area (Å²) in [6.45, 7) is 2.85. The van der Waals surface area contributed by atoms with E-state index in [-0.39, 0.29) is 24.5 Å². The van der Waals surface area contributed by atoms with Gasteiger partial charge in [0.25, 0.3) is 0 Å². The molecule has 0 bridgehead atoms. The summed E-state index contributed by atoms with van der Waals surface area (Å²) < 4.78 is 5.66. The molecule has 1 amide bonds. The van der Waals surface area contributed by atoms with Crippen molar-refractivity contribution in [3.8, 4) is 5.75 Å². The lowest BCUT2D eigenvalue weighted by Gasteiger charge is -2.07. The number of aryl methyl sites for hydroxylation is 2. The second-order valence-electron chi connectivity index (χ2n) is 7.15. The molecule has 2 aromatic rings. The van der Waals surface area contributed by atoms with Gasteiger partial charge in [-0.1, -0.05) is 19.8 Å². The Bertz CT molecular complexity index is 775. The van der Waals surface area contributed by atoms with Crippen LogP contribution in [0.25, 0.3) is 0 Å². The number of hydrogen-bond donors (Lipinski definition) is 1. The maximum Gasteiger partial charge on any atom is 0.226 e. The minimum atomic E-state index is -0.157. The fraction of sp³-hybridized carbons (Fsp3) is 0.500. The third-order valence-electron chi connectivity index (χ3n) is 4.86. The highest BCUT2D eigenvalue weighted by molar-refractivity contribution is 7.15. The third-order valence-corrected chi connectivity index (χ3v) is 5.94. The van der Waals surface area contributed by atoms with Gasteiger partial charge in [-0.3, -0.25) is 9.59 Å². The number of amides is 1. The molecule has 3 rings (SSSR count). The molecule has 1 aliphatic carbocycles. The van der Waals surface area contributed by atoms with E-state index in [0.717, 1.165) is 43.5 Å². The maximum absolute atomic E-state index is 12.3. The number of carbonyl (C=O) groups is 2. The van der Waals surface area contributed by atoms with Crippen LogP contribution in [0, 0.1) is 0 Å². The average Bonchev–Trinajstić information content (AvgIpc) is 3.12. The monoisotopic (exact) mass is 400 g/mol. The fourth-order valence-corrected chi connectivity index (χ4v) is 4.30. The molecule has 0 unspecified atom stereocenters. The van der Waals surface area contributed by atoms with E-state index in [0.29, 0.717) is 17.3 Å². The molecule has 1 aliphatic rings. The molecule has 6 heteroatoms. The molecule has 1 N–H and O–H groups in total. The summed E-state index contributed by atoms with van der Waals surface area (Å²) in [7, 11) is 0. The Balaban J connectivity index is 1.43. The van der Waals surface area contributed by atoms with Gasteiger partial charge in [0.05, 0.1) is 12.3 Å². The maximum atomic E-state index is 12.3. The summed E-state index contributed by atoms with van der Waals surface area (Å²) in [6.07, 6.45) is 8.12. The predicted octanol–water partition coefficient (Wildman–Crippen LogP) is 5.19. The largest absolute Gasteiger partial charge is 0.494 e. The van der Waals surface area contributed by atoms with Gasteiger partial charge in [-0.15, -0.1) is 11.3 Å². The molecule has 0 spiro atoms. The van der Waals surface area contributed by atoms with Crippen LogP contribution in [0.3, 0.4) is 0 Å². The van der Waals surface area contributed by atoms with Crippen LogP contribution in [0.15, 0.2) is 24.3 Å². The predicted molar refractivity (Wildman–Crippen MR) is 112 cm³/mol. The number of benzene rings is 1. The van der Waals surface area contributed by atoms with Crippen molar-refractivity contribution in [2.75, 3.05) is 11.9 Å². The number of fused-ring (bicyclic) bond motifs is 1. The highest BCUT2D eigenvalue weighted by Crippen LogP contribution is 2.29. The number of hydrogen-bond acceptors (Lipinski definition) is 5. The molecule has 0 aliphatic heterocycles. The van der Waals surface area contributed by atoms with Gasteiger partial charge in [0, 0.05) is 23.3 Å². The van der Waals surface area contributed by atoms with Crippen molar-refractivity contribution in [1.82, 2.24) is 4.98 Å². The Kier molecular flexibility index (Phi) is 7.60. The van der Waals surface area contributed by atoms with E-state index in [4.69, 9.17) is 4.74 Å². The standard InChI is InChI=1S/C22H28N2O3S/c1-2-3-6-15-27-17-11-9-16(10-12-17)19(25)13-14-21(26)24-22-23-18-7-4-5-8-20(18)28-22/h9-12H,2-8,13-15H2,1H3,(H,23,24,26). The van der Waals surface area contributed by atoms with Crippen molar-refractivity contribution < 1.29 is 14.3 Å². The zero-order valence-corrected chi connectivity index (χ0v) is 17.3. The number of anilines is 1. The second kappa shape index (κ2) is 10.4. The van der Waals surface area contributed by atoms with E-state index in [2.05, 4.69) is 17.2 Å². The number of ketones is 1. The van der Waals surface area contributed by atoms with Crippen LogP contribution in [0.2, 0.25) is 0 Å². The number of carbonyl (C=O) groups excluding carboxylic acids is 2. The zero-order chi connectivity index (χ0) is 19.8. The normalized spacial score (nSPS) is 13.0. The number of Topliss-reactive ketones (excluding diaryl/α,β-unsaturated/α-hetero) is 1. The topological polar surface area (TPSA) is 68.3 Å². The Labute approximate surface area is 170 Å². The van der Waals surface area contributed by atoms with Crippen LogP contribution in [-0.4, -0.2) is 23.3 Å². The summed E-state index contributed by atoms with van der Waals surface area (Å²) in [4.78, 5) is 30.3. The van der Waals surface area contributed by atoms with Crippen LogP contribution in [0.4, 0.5) is 5.13 Å². The van der Waals surface area contributed by atoms with Gasteiger partial charge in [0.2, 0.25) is 5.91 Å². The number of ether oxygens (including phenoxy) is 1. The Morgan fingerprint density at radius 2 is 1.89 bits per heavy atom. The van der Waals surface area contributed by atoms with E-state index in [1.165, 1.54) is 17.7 Å². The summed E-state index contributed by atoms with van der Waals surface area (Å²) >= 11 is 1.56. The lowest BCUT2D eigenvalue weighted by atomic mass is 10.0. The van der Waals surface area contributed by atoms with Crippen molar-refractivity contribution >= 4 is 28.2 Å². The molecule has 1 heterocycles. The molecule has 1 aromatic heterocycles. The molecule has 0 atom stereocenters. The smallest absolute Gasteiger partial charge is 0.226 e. The second-order valence-corrected chi connectivity index (χ2v) is 8.23. The molecular formula is C22H28N2O3S. The van der Waals surface area contributed by atoms with Crippen LogP contribution in [0.5, 0.6) is 5.75 Å². The highest BCUT2D eigenvalue weighted by atomic mass is 32.1. The lowest BCUT2D eigenvalue weighted by Crippen LogP contribution is -2.13. The minimum absolute atomic E-state index is 0.0360. The molecule has 150 valence electrons. The molecule has 1 aromatic carbocycles. The molecular weight excluding hydrogens is 372 g/mol. The fourth-order valence-electron chi connectivity index (χ4n) is 3.24. The molecule has 28 heavy (non-hydrogen) atoms. The van der Waals surface area contributed by atoms with Crippen molar-refractivity contribution in [1.29, 1.82) is 0 Å². The molecule has 0 fully saturated rings. The quantitative estimate of drug-likeness (QED) is 0.440. The Morgan fingerprint density at radius 1 is 1.11 bits per heavy atom. The van der Waals surface area contributed by atoms with Crippen LogP contribution in [0.1, 0.15) is 72.8 Å². The van der Waals surface area contributed by atoms with Crippen LogP contribution < -0.4 is 10.1 Å². The van der Waals surface area contributed by atoms with Crippen molar-refractivity contribution in [3.63, 3.8) is 0 Å². The highest BCUT2D eigenvalue weighted by Gasteiger charge is 2.17. The van der Waals surface area contributed by atoms with Crippen LogP contribution in [-0.2, 0) is 17.6 Å². The van der Waals surface area contributed by atoms with Crippen LogP contribution >= 0.6 is 11.3 Å². The number of unbranched alkanes of at least 4 members (excludes halogenated alkanes) is 2. The molecule has 0 saturated carbocycles. The molecule has 0 saturated heterocycles. The average molecular weight is 401 g/mol. The van der Waals surface area contributed by atoms with Crippen molar-refractivity contribution in [2.24, 2.45) is 0 Å². The number of nitrogens with one attached hydrogen (secondary N) is 1. The van der Waals surface area contributed by atoms with Crippen molar-refractivity contribution in [3.05, 3.63) is 40.4 Å². The first-order valence-electron chi connectivity index (χ1n) is 10.2. The Hall–Kier alpha value is -2.21. The van der Waals surface area contributed by atoms with Gasteiger partial charge in [-0.2, -0.15) is 0 Å². The van der Waals surface area contributed by atoms with E-state index < -0.39 is 0 Å². The van der Waals surface area contributed by atoms with E-state index in [9.17, 15) is 9.59 Å². The molecule has 5 nitrogen and oxygen atoms in total. The summed E-state index contributed by atoms with van der Waals surface area (Å²) in [5.41, 5.74) is 1.73. The lowest BCUT2D eigenvalue weighted by molar-refractivity contribution is -0.116. The van der Waals surface area contributed by atoms with Gasteiger partial charge in [-0.05, 0) is 56.4 Å². The van der Waals surface area contributed by atoms with Gasteiger partial charge in [0.1, 0.15) is 5.75 Å². The number of thiazole rings is 1. The number of rotatable bonds is 10. The van der Waals surface area contributed by atoms with Crippen molar-refractivity contribution in [2.45, 2.75) is 64.7 Å². The first-order valence-corrected chi connectivity index (χ1v) is 11.0. The van der Waals surface area contributed by atoms with Gasteiger partial charge in [-0.25, -0.2) is 4.98 Å². The third kappa shape index (κ3) is 5.89. The first kappa shape index (κ1) is 20.5. The summed E-state index contributed by atoms with van der Waals surface area (Å²) in [5.74, 6) is 0.583.